The number of nitrogens with one attached hydrogen (secondary N) is 1. The molecule has 1 unspecified atom stereocenters. The molecule has 104 valence electrons. The Labute approximate surface area is 124 Å². The van der Waals surface area contributed by atoms with Gasteiger partial charge in [0, 0.05) is 15.8 Å². The first-order valence-electron chi connectivity index (χ1n) is 7.16. The minimum absolute atomic E-state index is 0.638. The topological polar surface area (TPSA) is 12.0 Å². The minimum atomic E-state index is 0.638. The maximum absolute atomic E-state index is 3.70. The molecule has 0 aliphatic rings. The van der Waals surface area contributed by atoms with Crippen LogP contribution in [0, 0.1) is 0 Å². The average Bonchev–Trinajstić information content (AvgIpc) is 3.08. The van der Waals surface area contributed by atoms with Gasteiger partial charge in [-0.05, 0) is 61.5 Å². The van der Waals surface area contributed by atoms with Crippen LogP contribution in [0.15, 0.2) is 35.0 Å². The van der Waals surface area contributed by atoms with Crippen molar-refractivity contribution in [3.8, 4) is 0 Å². The van der Waals surface area contributed by atoms with Crippen LogP contribution in [0.5, 0.6) is 0 Å². The lowest BCUT2D eigenvalue weighted by atomic mass is 10.0. The molecule has 0 fully saturated rings. The second-order valence-electron chi connectivity index (χ2n) is 4.91. The van der Waals surface area contributed by atoms with Crippen LogP contribution in [0.4, 0.5) is 0 Å². The van der Waals surface area contributed by atoms with Crippen LogP contribution < -0.4 is 5.32 Å². The van der Waals surface area contributed by atoms with Crippen molar-refractivity contribution in [2.75, 3.05) is 6.54 Å². The van der Waals surface area contributed by atoms with Crippen molar-refractivity contribution in [1.29, 1.82) is 0 Å². The molecule has 19 heavy (non-hydrogen) atoms. The molecule has 1 N–H and O–H groups in total. The van der Waals surface area contributed by atoms with E-state index < -0.39 is 0 Å². The SMILES string of the molecule is CCCNC(CCCc1cccs1)Cc1cccs1. The van der Waals surface area contributed by atoms with E-state index in [2.05, 4.69) is 47.3 Å². The van der Waals surface area contributed by atoms with Crippen LogP contribution in [0.1, 0.15) is 35.9 Å². The van der Waals surface area contributed by atoms with E-state index in [0.29, 0.717) is 6.04 Å². The van der Waals surface area contributed by atoms with Gasteiger partial charge in [-0.3, -0.25) is 0 Å². The van der Waals surface area contributed by atoms with Crippen LogP contribution in [0.2, 0.25) is 0 Å². The van der Waals surface area contributed by atoms with Crippen molar-refractivity contribution < 1.29 is 0 Å². The van der Waals surface area contributed by atoms with Gasteiger partial charge in [0.15, 0.2) is 0 Å². The van der Waals surface area contributed by atoms with Gasteiger partial charge < -0.3 is 5.32 Å². The predicted octanol–water partition coefficient (Wildman–Crippen LogP) is 4.74. The summed E-state index contributed by atoms with van der Waals surface area (Å²) in [5, 5.41) is 8.05. The smallest absolute Gasteiger partial charge is 0.0115 e. The monoisotopic (exact) mass is 293 g/mol. The molecule has 0 aliphatic carbocycles. The highest BCUT2D eigenvalue weighted by atomic mass is 32.1. The summed E-state index contributed by atoms with van der Waals surface area (Å²) < 4.78 is 0. The molecule has 3 heteroatoms. The fourth-order valence-electron chi connectivity index (χ4n) is 2.27. The summed E-state index contributed by atoms with van der Waals surface area (Å²) in [5.41, 5.74) is 0. The highest BCUT2D eigenvalue weighted by Crippen LogP contribution is 2.16. The Hall–Kier alpha value is -0.640. The van der Waals surface area contributed by atoms with Crippen molar-refractivity contribution in [3.63, 3.8) is 0 Å². The first kappa shape index (κ1) is 14.8. The Morgan fingerprint density at radius 3 is 2.47 bits per heavy atom. The van der Waals surface area contributed by atoms with E-state index in [1.165, 1.54) is 41.9 Å². The molecule has 0 saturated carbocycles. The van der Waals surface area contributed by atoms with Gasteiger partial charge in [0.1, 0.15) is 0 Å². The summed E-state index contributed by atoms with van der Waals surface area (Å²) >= 11 is 3.76. The fourth-order valence-corrected chi connectivity index (χ4v) is 3.81. The molecule has 2 heterocycles. The molecular weight excluding hydrogens is 270 g/mol. The number of aryl methyl sites for hydroxylation is 1. The zero-order valence-electron chi connectivity index (χ0n) is 11.6. The summed E-state index contributed by atoms with van der Waals surface area (Å²) in [6, 6.07) is 9.45. The lowest BCUT2D eigenvalue weighted by Crippen LogP contribution is -2.31. The number of hydrogen-bond donors (Lipinski definition) is 1. The van der Waals surface area contributed by atoms with Crippen LogP contribution in [0.3, 0.4) is 0 Å². The Balaban J connectivity index is 1.76. The van der Waals surface area contributed by atoms with E-state index in [4.69, 9.17) is 0 Å². The minimum Gasteiger partial charge on any atom is -0.314 e. The van der Waals surface area contributed by atoms with Gasteiger partial charge in [-0.2, -0.15) is 0 Å². The zero-order valence-corrected chi connectivity index (χ0v) is 13.2. The molecule has 1 nitrogen and oxygen atoms in total. The number of thiophene rings is 2. The molecule has 0 radical (unpaired) electrons. The molecule has 2 aromatic heterocycles. The van der Waals surface area contributed by atoms with E-state index in [1.54, 1.807) is 0 Å². The molecule has 2 rings (SSSR count). The predicted molar refractivity (Wildman–Crippen MR) is 87.4 cm³/mol. The van der Waals surface area contributed by atoms with Gasteiger partial charge in [-0.1, -0.05) is 19.1 Å². The first-order chi connectivity index (χ1) is 9.38. The third-order valence-electron chi connectivity index (χ3n) is 3.27. The summed E-state index contributed by atoms with van der Waals surface area (Å²) in [7, 11) is 0. The standard InChI is InChI=1S/C16H23NS2/c1-2-10-17-14(13-16-9-5-12-19-16)6-3-7-15-8-4-11-18-15/h4-5,8-9,11-12,14,17H,2-3,6-7,10,13H2,1H3. The summed E-state index contributed by atoms with van der Waals surface area (Å²) in [6.45, 7) is 3.37. The van der Waals surface area contributed by atoms with Gasteiger partial charge in [-0.25, -0.2) is 0 Å². The van der Waals surface area contributed by atoms with Crippen molar-refractivity contribution >= 4 is 22.7 Å². The molecule has 1 atom stereocenters. The van der Waals surface area contributed by atoms with Gasteiger partial charge in [0.2, 0.25) is 0 Å². The second-order valence-corrected chi connectivity index (χ2v) is 6.97. The van der Waals surface area contributed by atoms with E-state index >= 15 is 0 Å². The maximum Gasteiger partial charge on any atom is 0.0115 e. The molecule has 0 bridgehead atoms. The van der Waals surface area contributed by atoms with E-state index in [9.17, 15) is 0 Å². The number of rotatable bonds is 9. The summed E-state index contributed by atoms with van der Waals surface area (Å²) in [4.78, 5) is 3.02. The van der Waals surface area contributed by atoms with E-state index in [0.717, 1.165) is 6.54 Å². The summed E-state index contributed by atoms with van der Waals surface area (Å²) in [6.07, 6.45) is 6.18. The maximum atomic E-state index is 3.70. The second kappa shape index (κ2) is 8.51. The molecule has 0 saturated heterocycles. The first-order valence-corrected chi connectivity index (χ1v) is 8.92. The Bertz CT molecular complexity index is 420. The molecule has 0 aromatic carbocycles. The number of hydrogen-bond acceptors (Lipinski definition) is 3. The lowest BCUT2D eigenvalue weighted by Gasteiger charge is -2.17. The molecular formula is C16H23NS2. The van der Waals surface area contributed by atoms with Crippen LogP contribution in [0.25, 0.3) is 0 Å². The van der Waals surface area contributed by atoms with Crippen molar-refractivity contribution in [2.45, 2.75) is 45.1 Å². The van der Waals surface area contributed by atoms with Crippen LogP contribution in [-0.4, -0.2) is 12.6 Å². The van der Waals surface area contributed by atoms with Crippen LogP contribution in [-0.2, 0) is 12.8 Å². The normalized spacial score (nSPS) is 12.7. The van der Waals surface area contributed by atoms with E-state index in [-0.39, 0.29) is 0 Å². The van der Waals surface area contributed by atoms with E-state index in [1.807, 2.05) is 22.7 Å². The average molecular weight is 294 g/mol. The van der Waals surface area contributed by atoms with Crippen molar-refractivity contribution in [3.05, 3.63) is 44.8 Å². The van der Waals surface area contributed by atoms with Gasteiger partial charge >= 0.3 is 0 Å². The third-order valence-corrected chi connectivity index (χ3v) is 5.10. The van der Waals surface area contributed by atoms with Gasteiger partial charge in [0.25, 0.3) is 0 Å². The third kappa shape index (κ3) is 5.47. The van der Waals surface area contributed by atoms with Crippen LogP contribution >= 0.6 is 22.7 Å². The Kier molecular flexibility index (Phi) is 6.62. The summed E-state index contributed by atoms with van der Waals surface area (Å²) in [5.74, 6) is 0. The Morgan fingerprint density at radius 2 is 1.84 bits per heavy atom. The quantitative estimate of drug-likeness (QED) is 0.704. The Morgan fingerprint density at radius 1 is 1.11 bits per heavy atom. The largest absolute Gasteiger partial charge is 0.314 e. The molecule has 0 aliphatic heterocycles. The molecule has 0 amide bonds. The van der Waals surface area contributed by atoms with Crippen molar-refractivity contribution in [2.24, 2.45) is 0 Å². The fraction of sp³-hybridized carbons (Fsp3) is 0.500. The van der Waals surface area contributed by atoms with Gasteiger partial charge in [-0.15, -0.1) is 22.7 Å². The highest BCUT2D eigenvalue weighted by Gasteiger charge is 2.09. The van der Waals surface area contributed by atoms with Gasteiger partial charge in [0.05, 0.1) is 0 Å². The zero-order chi connectivity index (χ0) is 13.3. The lowest BCUT2D eigenvalue weighted by molar-refractivity contribution is 0.467. The highest BCUT2D eigenvalue weighted by molar-refractivity contribution is 7.10. The van der Waals surface area contributed by atoms with Crippen molar-refractivity contribution in [1.82, 2.24) is 5.32 Å². The molecule has 2 aromatic rings. The molecule has 0 spiro atoms.